The molecule has 1 heterocycles. The van der Waals surface area contributed by atoms with Gasteiger partial charge in [0.15, 0.2) is 0 Å². The number of rotatable bonds is 7. The smallest absolute Gasteiger partial charge is 0.419 e. The molecule has 1 saturated heterocycles. The van der Waals surface area contributed by atoms with Crippen LogP contribution in [0.15, 0.2) is 42.5 Å². The van der Waals surface area contributed by atoms with Gasteiger partial charge in [0.1, 0.15) is 18.1 Å². The molecule has 0 spiro atoms. The highest BCUT2D eigenvalue weighted by Gasteiger charge is 2.34. The molecule has 0 aromatic heterocycles. The van der Waals surface area contributed by atoms with E-state index in [0.29, 0.717) is 11.3 Å². The van der Waals surface area contributed by atoms with Crippen molar-refractivity contribution in [3.05, 3.63) is 59.2 Å². The van der Waals surface area contributed by atoms with Crippen molar-refractivity contribution in [1.82, 2.24) is 10.2 Å². The normalized spacial score (nSPS) is 14.9. The van der Waals surface area contributed by atoms with Gasteiger partial charge >= 0.3 is 6.18 Å². The number of hydrogen-bond acceptors (Lipinski definition) is 4. The SMILES string of the molecule is CNC(=O)C1CN(Cc2ccc(OCc3ccc(C(F)(F)F)c(OC)c3)cc2)C1. The van der Waals surface area contributed by atoms with Gasteiger partial charge in [0.25, 0.3) is 0 Å². The molecule has 1 aliphatic rings. The summed E-state index contributed by atoms with van der Waals surface area (Å²) in [7, 11) is 2.85. The molecule has 0 saturated carbocycles. The van der Waals surface area contributed by atoms with Crippen LogP contribution in [0.1, 0.15) is 16.7 Å². The minimum absolute atomic E-state index is 0.0586. The van der Waals surface area contributed by atoms with Crippen molar-refractivity contribution in [2.75, 3.05) is 27.2 Å². The summed E-state index contributed by atoms with van der Waals surface area (Å²) in [6.07, 6.45) is -4.46. The highest BCUT2D eigenvalue weighted by atomic mass is 19.4. The fourth-order valence-corrected chi connectivity index (χ4v) is 3.24. The fourth-order valence-electron chi connectivity index (χ4n) is 3.24. The Bertz CT molecular complexity index is 847. The Kier molecular flexibility index (Phi) is 6.32. The zero-order chi connectivity index (χ0) is 21.0. The Morgan fingerprint density at radius 1 is 1.14 bits per heavy atom. The second-order valence-electron chi connectivity index (χ2n) is 6.97. The maximum atomic E-state index is 12.9. The summed E-state index contributed by atoms with van der Waals surface area (Å²) >= 11 is 0. The summed E-state index contributed by atoms with van der Waals surface area (Å²) in [6.45, 7) is 2.37. The molecule has 0 atom stereocenters. The largest absolute Gasteiger partial charge is 0.496 e. The Morgan fingerprint density at radius 3 is 2.38 bits per heavy atom. The maximum absolute atomic E-state index is 12.9. The lowest BCUT2D eigenvalue weighted by atomic mass is 9.98. The predicted molar refractivity (Wildman–Crippen MR) is 102 cm³/mol. The molecule has 8 heteroatoms. The molecule has 156 valence electrons. The van der Waals surface area contributed by atoms with E-state index in [9.17, 15) is 18.0 Å². The van der Waals surface area contributed by atoms with Crippen LogP contribution in [0.2, 0.25) is 0 Å². The summed E-state index contributed by atoms with van der Waals surface area (Å²) in [4.78, 5) is 13.7. The number of carbonyl (C=O) groups excluding carboxylic acids is 1. The van der Waals surface area contributed by atoms with Crippen molar-refractivity contribution in [3.63, 3.8) is 0 Å². The molecule has 1 N–H and O–H groups in total. The molecule has 2 aromatic rings. The first-order valence-electron chi connectivity index (χ1n) is 9.20. The van der Waals surface area contributed by atoms with E-state index in [1.807, 2.05) is 24.3 Å². The molecule has 1 fully saturated rings. The van der Waals surface area contributed by atoms with Gasteiger partial charge in [0.05, 0.1) is 18.6 Å². The Balaban J connectivity index is 1.52. The molecule has 3 rings (SSSR count). The van der Waals surface area contributed by atoms with Crippen molar-refractivity contribution in [2.45, 2.75) is 19.3 Å². The lowest BCUT2D eigenvalue weighted by Crippen LogP contribution is -2.52. The second kappa shape index (κ2) is 8.73. The van der Waals surface area contributed by atoms with Gasteiger partial charge in [0, 0.05) is 26.7 Å². The van der Waals surface area contributed by atoms with Gasteiger partial charge in [-0.25, -0.2) is 0 Å². The number of methoxy groups -OCH3 is 1. The molecule has 1 aliphatic heterocycles. The van der Waals surface area contributed by atoms with Gasteiger partial charge in [-0.05, 0) is 35.4 Å². The second-order valence-corrected chi connectivity index (χ2v) is 6.97. The van der Waals surface area contributed by atoms with E-state index in [0.717, 1.165) is 31.3 Å². The highest BCUT2D eigenvalue weighted by molar-refractivity contribution is 5.79. The number of nitrogens with zero attached hydrogens (tertiary/aromatic N) is 1. The van der Waals surface area contributed by atoms with Crippen LogP contribution in [0.4, 0.5) is 13.2 Å². The molecule has 0 radical (unpaired) electrons. The number of alkyl halides is 3. The van der Waals surface area contributed by atoms with Crippen molar-refractivity contribution >= 4 is 5.91 Å². The topological polar surface area (TPSA) is 50.8 Å². The van der Waals surface area contributed by atoms with Crippen LogP contribution in [-0.4, -0.2) is 38.1 Å². The molecule has 0 bridgehead atoms. The van der Waals surface area contributed by atoms with Gasteiger partial charge in [-0.1, -0.05) is 18.2 Å². The molecule has 2 aromatic carbocycles. The summed E-state index contributed by atoms with van der Waals surface area (Å²) in [5, 5.41) is 2.66. The third-order valence-corrected chi connectivity index (χ3v) is 4.88. The van der Waals surface area contributed by atoms with E-state index in [-0.39, 0.29) is 24.2 Å². The number of halogens is 3. The minimum Gasteiger partial charge on any atom is -0.496 e. The minimum atomic E-state index is -4.46. The number of nitrogens with one attached hydrogen (secondary N) is 1. The summed E-state index contributed by atoms with van der Waals surface area (Å²) < 4.78 is 49.3. The van der Waals surface area contributed by atoms with E-state index in [1.165, 1.54) is 19.2 Å². The number of amides is 1. The van der Waals surface area contributed by atoms with Crippen molar-refractivity contribution in [2.24, 2.45) is 5.92 Å². The Labute approximate surface area is 167 Å². The average molecular weight is 408 g/mol. The van der Waals surface area contributed by atoms with Crippen molar-refractivity contribution in [1.29, 1.82) is 0 Å². The lowest BCUT2D eigenvalue weighted by molar-refractivity contribution is -0.138. The number of hydrogen-bond donors (Lipinski definition) is 1. The number of carbonyl (C=O) groups is 1. The van der Waals surface area contributed by atoms with E-state index >= 15 is 0 Å². The van der Waals surface area contributed by atoms with Crippen LogP contribution in [0.5, 0.6) is 11.5 Å². The Hall–Kier alpha value is -2.74. The van der Waals surface area contributed by atoms with Crippen LogP contribution in [0, 0.1) is 5.92 Å². The molecule has 29 heavy (non-hydrogen) atoms. The van der Waals surface area contributed by atoms with Crippen LogP contribution in [0.3, 0.4) is 0 Å². The van der Waals surface area contributed by atoms with Gasteiger partial charge < -0.3 is 14.8 Å². The number of likely N-dealkylation sites (tertiary alicyclic amines) is 1. The first-order chi connectivity index (χ1) is 13.8. The maximum Gasteiger partial charge on any atom is 0.419 e. The zero-order valence-electron chi connectivity index (χ0n) is 16.3. The lowest BCUT2D eigenvalue weighted by Gasteiger charge is -2.38. The number of ether oxygens (including phenoxy) is 2. The first kappa shape index (κ1) is 21.0. The van der Waals surface area contributed by atoms with E-state index < -0.39 is 11.7 Å². The van der Waals surface area contributed by atoms with Crippen LogP contribution in [0.25, 0.3) is 0 Å². The zero-order valence-corrected chi connectivity index (χ0v) is 16.3. The molecule has 5 nitrogen and oxygen atoms in total. The Morgan fingerprint density at radius 2 is 1.79 bits per heavy atom. The standard InChI is InChI=1S/C21H23F3N2O3/c1-25-20(27)16-11-26(12-16)10-14-3-6-17(7-4-14)29-13-15-5-8-18(21(22,23)24)19(9-15)28-2/h3-9,16H,10-13H2,1-2H3,(H,25,27). The van der Waals surface area contributed by atoms with Crippen LogP contribution in [-0.2, 0) is 24.1 Å². The monoisotopic (exact) mass is 408 g/mol. The molecular weight excluding hydrogens is 385 g/mol. The molecular formula is C21H23F3N2O3. The third kappa shape index (κ3) is 5.20. The average Bonchev–Trinajstić information content (AvgIpc) is 2.68. The number of benzene rings is 2. The van der Waals surface area contributed by atoms with E-state index in [1.54, 1.807) is 7.05 Å². The van der Waals surface area contributed by atoms with E-state index in [2.05, 4.69) is 10.2 Å². The molecule has 0 unspecified atom stereocenters. The van der Waals surface area contributed by atoms with E-state index in [4.69, 9.17) is 9.47 Å². The van der Waals surface area contributed by atoms with Gasteiger partial charge in [-0.3, -0.25) is 9.69 Å². The van der Waals surface area contributed by atoms with Crippen molar-refractivity contribution < 1.29 is 27.4 Å². The quantitative estimate of drug-likeness (QED) is 0.762. The predicted octanol–water partition coefficient (Wildman–Crippen LogP) is 3.47. The third-order valence-electron chi connectivity index (χ3n) is 4.88. The summed E-state index contributed by atoms with van der Waals surface area (Å²) in [5.41, 5.74) is 0.876. The van der Waals surface area contributed by atoms with Gasteiger partial charge in [-0.15, -0.1) is 0 Å². The summed E-state index contributed by atoms with van der Waals surface area (Å²) in [5.74, 6) is 0.534. The highest BCUT2D eigenvalue weighted by Crippen LogP contribution is 2.36. The molecule has 0 aliphatic carbocycles. The first-order valence-corrected chi connectivity index (χ1v) is 9.20. The fraction of sp³-hybridized carbons (Fsp3) is 0.381. The van der Waals surface area contributed by atoms with Gasteiger partial charge in [0.2, 0.25) is 5.91 Å². The van der Waals surface area contributed by atoms with Crippen LogP contribution >= 0.6 is 0 Å². The molecule has 1 amide bonds. The van der Waals surface area contributed by atoms with Crippen LogP contribution < -0.4 is 14.8 Å². The van der Waals surface area contributed by atoms with Gasteiger partial charge in [-0.2, -0.15) is 13.2 Å². The summed E-state index contributed by atoms with van der Waals surface area (Å²) in [6, 6.07) is 11.3. The van der Waals surface area contributed by atoms with Crippen molar-refractivity contribution in [3.8, 4) is 11.5 Å².